The fraction of sp³-hybridized carbons (Fsp3) is 0.667. The predicted octanol–water partition coefficient (Wildman–Crippen LogP) is 1.16. The molecule has 88 valence electrons. The quantitative estimate of drug-likeness (QED) is 0.660. The summed E-state index contributed by atoms with van der Waals surface area (Å²) in [7, 11) is 2.02. The molecule has 4 heteroatoms. The fourth-order valence-corrected chi connectivity index (χ4v) is 2.38. The molecule has 0 fully saturated rings. The van der Waals surface area contributed by atoms with Gasteiger partial charge in [0.15, 0.2) is 0 Å². The summed E-state index contributed by atoms with van der Waals surface area (Å²) in [4.78, 5) is 18.7. The lowest BCUT2D eigenvalue weighted by Gasteiger charge is -2.04. The van der Waals surface area contributed by atoms with E-state index in [9.17, 15) is 4.79 Å². The van der Waals surface area contributed by atoms with Crippen molar-refractivity contribution >= 4 is 0 Å². The van der Waals surface area contributed by atoms with Crippen LogP contribution >= 0.6 is 0 Å². The second-order valence-corrected chi connectivity index (χ2v) is 4.19. The Kier molecular flexibility index (Phi) is 3.10. The van der Waals surface area contributed by atoms with E-state index in [4.69, 9.17) is 0 Å². The van der Waals surface area contributed by atoms with Crippen molar-refractivity contribution in [2.24, 2.45) is 0 Å². The SMILES string of the molecule is CC.CN1Cc2nc3n(c(=O)c2C1)CCC3. The number of rotatable bonds is 0. The van der Waals surface area contributed by atoms with Crippen LogP contribution in [0.2, 0.25) is 0 Å². The fourth-order valence-electron chi connectivity index (χ4n) is 2.38. The van der Waals surface area contributed by atoms with E-state index in [0.29, 0.717) is 0 Å². The van der Waals surface area contributed by atoms with Crippen molar-refractivity contribution in [1.29, 1.82) is 0 Å². The molecule has 1 aromatic rings. The maximum absolute atomic E-state index is 12.0. The Morgan fingerprint density at radius 2 is 2.00 bits per heavy atom. The highest BCUT2D eigenvalue weighted by Gasteiger charge is 2.25. The van der Waals surface area contributed by atoms with Gasteiger partial charge in [0.2, 0.25) is 0 Å². The van der Waals surface area contributed by atoms with E-state index in [1.165, 1.54) is 0 Å². The van der Waals surface area contributed by atoms with Crippen LogP contribution in [0.5, 0.6) is 0 Å². The Labute approximate surface area is 95.9 Å². The smallest absolute Gasteiger partial charge is 0.258 e. The van der Waals surface area contributed by atoms with Crippen molar-refractivity contribution in [3.8, 4) is 0 Å². The van der Waals surface area contributed by atoms with E-state index < -0.39 is 0 Å². The zero-order valence-electron chi connectivity index (χ0n) is 10.3. The minimum atomic E-state index is 0.201. The van der Waals surface area contributed by atoms with Gasteiger partial charge in [0.05, 0.1) is 11.3 Å². The maximum Gasteiger partial charge on any atom is 0.258 e. The van der Waals surface area contributed by atoms with Gasteiger partial charge in [-0.15, -0.1) is 0 Å². The molecular weight excluding hydrogens is 202 g/mol. The lowest BCUT2D eigenvalue weighted by atomic mass is 10.2. The highest BCUT2D eigenvalue weighted by atomic mass is 16.1. The van der Waals surface area contributed by atoms with Crippen LogP contribution in [0.4, 0.5) is 0 Å². The summed E-state index contributed by atoms with van der Waals surface area (Å²) in [5, 5.41) is 0. The zero-order valence-corrected chi connectivity index (χ0v) is 10.3. The standard InChI is InChI=1S/C10H13N3O.C2H6/c1-12-5-7-8(6-12)11-9-3-2-4-13(9)10(7)14;1-2/h2-6H2,1H3;1-2H3. The Balaban J connectivity index is 0.000000457. The number of nitrogens with zero attached hydrogens (tertiary/aromatic N) is 3. The van der Waals surface area contributed by atoms with E-state index in [2.05, 4.69) is 9.88 Å². The Bertz CT molecular complexity index is 450. The van der Waals surface area contributed by atoms with Crippen molar-refractivity contribution in [3.63, 3.8) is 0 Å². The Morgan fingerprint density at radius 3 is 2.75 bits per heavy atom. The third-order valence-electron chi connectivity index (χ3n) is 3.06. The predicted molar refractivity (Wildman–Crippen MR) is 63.3 cm³/mol. The van der Waals surface area contributed by atoms with Crippen LogP contribution in [0.25, 0.3) is 0 Å². The van der Waals surface area contributed by atoms with Gasteiger partial charge in [0.1, 0.15) is 5.82 Å². The molecule has 3 heterocycles. The first-order chi connectivity index (χ1) is 7.75. The molecule has 4 nitrogen and oxygen atoms in total. The first-order valence-corrected chi connectivity index (χ1v) is 6.06. The first-order valence-electron chi connectivity index (χ1n) is 6.06. The summed E-state index contributed by atoms with van der Waals surface area (Å²) in [5.41, 5.74) is 2.12. The number of hydrogen-bond donors (Lipinski definition) is 0. The summed E-state index contributed by atoms with van der Waals surface area (Å²) in [6.07, 6.45) is 2.03. The second kappa shape index (κ2) is 4.37. The van der Waals surface area contributed by atoms with Crippen LogP contribution in [-0.4, -0.2) is 21.5 Å². The van der Waals surface area contributed by atoms with Gasteiger partial charge in [-0.05, 0) is 13.5 Å². The van der Waals surface area contributed by atoms with E-state index in [-0.39, 0.29) is 5.56 Å². The lowest BCUT2D eigenvalue weighted by Crippen LogP contribution is -2.25. The van der Waals surface area contributed by atoms with Gasteiger partial charge in [0, 0.05) is 26.1 Å². The molecule has 0 aliphatic carbocycles. The number of aryl methyl sites for hydroxylation is 1. The van der Waals surface area contributed by atoms with Crippen molar-refractivity contribution in [2.45, 2.75) is 46.3 Å². The molecule has 2 aliphatic rings. The van der Waals surface area contributed by atoms with Gasteiger partial charge in [-0.2, -0.15) is 0 Å². The van der Waals surface area contributed by atoms with Gasteiger partial charge >= 0.3 is 0 Å². The zero-order chi connectivity index (χ0) is 11.7. The van der Waals surface area contributed by atoms with Gasteiger partial charge in [-0.25, -0.2) is 4.98 Å². The van der Waals surface area contributed by atoms with Crippen molar-refractivity contribution in [1.82, 2.24) is 14.5 Å². The van der Waals surface area contributed by atoms with Crippen LogP contribution in [0.3, 0.4) is 0 Å². The summed E-state index contributed by atoms with van der Waals surface area (Å²) in [6, 6.07) is 0. The molecule has 0 radical (unpaired) electrons. The average molecular weight is 221 g/mol. The molecule has 0 amide bonds. The van der Waals surface area contributed by atoms with Crippen LogP contribution < -0.4 is 5.56 Å². The minimum absolute atomic E-state index is 0.201. The molecular formula is C12H19N3O. The van der Waals surface area contributed by atoms with E-state index in [0.717, 1.165) is 49.6 Å². The molecule has 0 atom stereocenters. The molecule has 0 N–H and O–H groups in total. The van der Waals surface area contributed by atoms with Crippen LogP contribution in [0.15, 0.2) is 4.79 Å². The Morgan fingerprint density at radius 1 is 1.25 bits per heavy atom. The topological polar surface area (TPSA) is 38.1 Å². The molecule has 16 heavy (non-hydrogen) atoms. The highest BCUT2D eigenvalue weighted by Crippen LogP contribution is 2.19. The van der Waals surface area contributed by atoms with Gasteiger partial charge in [0.25, 0.3) is 5.56 Å². The third-order valence-corrected chi connectivity index (χ3v) is 3.06. The summed E-state index contributed by atoms with van der Waals surface area (Å²) in [5.74, 6) is 0.990. The highest BCUT2D eigenvalue weighted by molar-refractivity contribution is 5.23. The van der Waals surface area contributed by atoms with E-state index in [1.807, 2.05) is 25.5 Å². The van der Waals surface area contributed by atoms with Gasteiger partial charge in [-0.1, -0.05) is 13.8 Å². The molecule has 3 rings (SSSR count). The number of hydrogen-bond acceptors (Lipinski definition) is 3. The summed E-state index contributed by atoms with van der Waals surface area (Å²) < 4.78 is 1.85. The molecule has 0 unspecified atom stereocenters. The van der Waals surface area contributed by atoms with Crippen LogP contribution in [0, 0.1) is 0 Å². The van der Waals surface area contributed by atoms with Gasteiger partial charge < -0.3 is 0 Å². The largest absolute Gasteiger partial charge is 0.296 e. The second-order valence-electron chi connectivity index (χ2n) is 4.19. The molecule has 0 saturated heterocycles. The molecule has 0 aromatic carbocycles. The van der Waals surface area contributed by atoms with E-state index in [1.54, 1.807) is 0 Å². The van der Waals surface area contributed by atoms with Crippen LogP contribution in [-0.2, 0) is 26.1 Å². The lowest BCUT2D eigenvalue weighted by molar-refractivity contribution is 0.350. The average Bonchev–Trinajstić information content (AvgIpc) is 2.87. The van der Waals surface area contributed by atoms with Crippen molar-refractivity contribution in [3.05, 3.63) is 27.4 Å². The van der Waals surface area contributed by atoms with Crippen LogP contribution in [0.1, 0.15) is 37.4 Å². The Hall–Kier alpha value is -1.16. The summed E-state index contributed by atoms with van der Waals surface area (Å²) in [6.45, 7) is 6.46. The molecule has 1 aromatic heterocycles. The number of aromatic nitrogens is 2. The maximum atomic E-state index is 12.0. The minimum Gasteiger partial charge on any atom is -0.296 e. The molecule has 0 bridgehead atoms. The third kappa shape index (κ3) is 1.67. The number of fused-ring (bicyclic) bond motifs is 2. The molecule has 0 spiro atoms. The first kappa shape index (κ1) is 11.3. The normalized spacial score (nSPS) is 17.7. The van der Waals surface area contributed by atoms with Crippen molar-refractivity contribution in [2.75, 3.05) is 7.05 Å². The van der Waals surface area contributed by atoms with Crippen molar-refractivity contribution < 1.29 is 0 Å². The van der Waals surface area contributed by atoms with E-state index >= 15 is 0 Å². The molecule has 0 saturated carbocycles. The van der Waals surface area contributed by atoms with Gasteiger partial charge in [-0.3, -0.25) is 14.3 Å². The molecule has 2 aliphatic heterocycles. The summed E-state index contributed by atoms with van der Waals surface area (Å²) >= 11 is 0. The monoisotopic (exact) mass is 221 g/mol.